The van der Waals surface area contributed by atoms with Crippen LogP contribution in [-0.4, -0.2) is 56.8 Å². The van der Waals surface area contributed by atoms with Gasteiger partial charge in [-0.05, 0) is 38.4 Å². The lowest BCUT2D eigenvalue weighted by molar-refractivity contribution is 0.164. The summed E-state index contributed by atoms with van der Waals surface area (Å²) in [6.45, 7) is 6.86. The average molecular weight is 346 g/mol. The molecule has 3 rings (SSSR count). The fourth-order valence-electron chi connectivity index (χ4n) is 3.36. The molecule has 0 radical (unpaired) electrons. The van der Waals surface area contributed by atoms with E-state index in [1.165, 1.54) is 25.8 Å². The number of anilines is 1. The van der Waals surface area contributed by atoms with Crippen molar-refractivity contribution >= 4 is 11.6 Å². The molecule has 0 saturated carbocycles. The Bertz CT molecular complexity index is 591. The molecule has 25 heavy (non-hydrogen) atoms. The molecule has 0 amide bonds. The van der Waals surface area contributed by atoms with Gasteiger partial charge < -0.3 is 20.1 Å². The standard InChI is InChI=1S/C19H30N4O2/c1-15-6-3-4-10-23(15)11-9-21-19(20-2)22-16-7-8-17-18(14-16)25-13-5-12-24-17/h7-8,14-15H,3-6,9-13H2,1-2H3,(H2,20,21,22). The summed E-state index contributed by atoms with van der Waals surface area (Å²) in [5.74, 6) is 2.38. The zero-order chi connectivity index (χ0) is 17.5. The normalized spacial score (nSPS) is 21.5. The maximum atomic E-state index is 5.74. The van der Waals surface area contributed by atoms with Crippen molar-refractivity contribution in [3.63, 3.8) is 0 Å². The molecule has 1 atom stereocenters. The second kappa shape index (κ2) is 8.94. The SMILES string of the molecule is CN=C(NCCN1CCCCC1C)Nc1ccc2c(c1)OCCCO2. The molecule has 0 aromatic heterocycles. The molecule has 2 N–H and O–H groups in total. The molecule has 2 aliphatic rings. The molecule has 0 spiro atoms. The first kappa shape index (κ1) is 17.9. The van der Waals surface area contributed by atoms with E-state index in [0.29, 0.717) is 19.3 Å². The van der Waals surface area contributed by atoms with Crippen molar-refractivity contribution in [2.24, 2.45) is 4.99 Å². The minimum Gasteiger partial charge on any atom is -0.490 e. The van der Waals surface area contributed by atoms with Crippen molar-refractivity contribution in [2.75, 3.05) is 45.2 Å². The first-order chi connectivity index (χ1) is 12.3. The number of rotatable bonds is 4. The second-order valence-electron chi connectivity index (χ2n) is 6.72. The third kappa shape index (κ3) is 5.01. The Morgan fingerprint density at radius 2 is 2.04 bits per heavy atom. The number of ether oxygens (including phenoxy) is 2. The molecule has 1 saturated heterocycles. The molecule has 2 heterocycles. The summed E-state index contributed by atoms with van der Waals surface area (Å²) in [4.78, 5) is 6.87. The van der Waals surface area contributed by atoms with Gasteiger partial charge in [0.2, 0.25) is 0 Å². The predicted molar refractivity (Wildman–Crippen MR) is 102 cm³/mol. The van der Waals surface area contributed by atoms with Gasteiger partial charge in [-0.25, -0.2) is 0 Å². The summed E-state index contributed by atoms with van der Waals surface area (Å²) in [5, 5.41) is 6.74. The van der Waals surface area contributed by atoms with Gasteiger partial charge in [-0.1, -0.05) is 6.42 Å². The van der Waals surface area contributed by atoms with Gasteiger partial charge in [0.05, 0.1) is 13.2 Å². The highest BCUT2D eigenvalue weighted by Gasteiger charge is 2.17. The van der Waals surface area contributed by atoms with Crippen LogP contribution in [0.3, 0.4) is 0 Å². The van der Waals surface area contributed by atoms with Crippen LogP contribution in [0.25, 0.3) is 0 Å². The van der Waals surface area contributed by atoms with Gasteiger partial charge >= 0.3 is 0 Å². The molecular weight excluding hydrogens is 316 g/mol. The van der Waals surface area contributed by atoms with Crippen molar-refractivity contribution < 1.29 is 9.47 Å². The highest BCUT2D eigenvalue weighted by Crippen LogP contribution is 2.32. The number of nitrogens with zero attached hydrogens (tertiary/aromatic N) is 2. The summed E-state index contributed by atoms with van der Waals surface area (Å²) in [6, 6.07) is 6.60. The lowest BCUT2D eigenvalue weighted by atomic mass is 10.0. The molecule has 2 aliphatic heterocycles. The molecule has 1 fully saturated rings. The van der Waals surface area contributed by atoms with Crippen molar-refractivity contribution in [1.29, 1.82) is 0 Å². The van der Waals surface area contributed by atoms with Gasteiger partial charge in [0.1, 0.15) is 0 Å². The van der Waals surface area contributed by atoms with E-state index >= 15 is 0 Å². The Balaban J connectivity index is 1.51. The molecule has 6 heteroatoms. The van der Waals surface area contributed by atoms with Crippen LogP contribution in [0.5, 0.6) is 11.5 Å². The van der Waals surface area contributed by atoms with Crippen LogP contribution in [0.1, 0.15) is 32.6 Å². The van der Waals surface area contributed by atoms with Crippen LogP contribution in [0, 0.1) is 0 Å². The van der Waals surface area contributed by atoms with Crippen LogP contribution in [0.2, 0.25) is 0 Å². The van der Waals surface area contributed by atoms with E-state index in [0.717, 1.165) is 42.7 Å². The summed E-state index contributed by atoms with van der Waals surface area (Å²) in [7, 11) is 1.79. The van der Waals surface area contributed by atoms with Crippen molar-refractivity contribution in [1.82, 2.24) is 10.2 Å². The minimum absolute atomic E-state index is 0.687. The lowest BCUT2D eigenvalue weighted by Gasteiger charge is -2.33. The summed E-state index contributed by atoms with van der Waals surface area (Å²) in [6.07, 6.45) is 4.90. The summed E-state index contributed by atoms with van der Waals surface area (Å²) >= 11 is 0. The van der Waals surface area contributed by atoms with Crippen molar-refractivity contribution in [3.05, 3.63) is 18.2 Å². The molecule has 1 aromatic carbocycles. The van der Waals surface area contributed by atoms with E-state index in [1.807, 2.05) is 18.2 Å². The number of piperidine rings is 1. The smallest absolute Gasteiger partial charge is 0.195 e. The van der Waals surface area contributed by atoms with Gasteiger partial charge in [-0.15, -0.1) is 0 Å². The maximum absolute atomic E-state index is 5.74. The van der Waals surface area contributed by atoms with Gasteiger partial charge in [-0.3, -0.25) is 9.89 Å². The number of fused-ring (bicyclic) bond motifs is 1. The van der Waals surface area contributed by atoms with Crippen LogP contribution in [-0.2, 0) is 0 Å². The van der Waals surface area contributed by atoms with Crippen LogP contribution >= 0.6 is 0 Å². The average Bonchev–Trinajstić information content (AvgIpc) is 2.87. The number of aliphatic imine (C=N–C) groups is 1. The number of likely N-dealkylation sites (tertiary alicyclic amines) is 1. The Labute approximate surface area is 150 Å². The van der Waals surface area contributed by atoms with Crippen LogP contribution in [0.4, 0.5) is 5.69 Å². The lowest BCUT2D eigenvalue weighted by Crippen LogP contribution is -2.43. The fourth-order valence-corrected chi connectivity index (χ4v) is 3.36. The quantitative estimate of drug-likeness (QED) is 0.648. The Hall–Kier alpha value is -1.95. The van der Waals surface area contributed by atoms with Crippen LogP contribution < -0.4 is 20.1 Å². The highest BCUT2D eigenvalue weighted by molar-refractivity contribution is 5.93. The van der Waals surface area contributed by atoms with E-state index in [9.17, 15) is 0 Å². The van der Waals surface area contributed by atoms with Crippen molar-refractivity contribution in [3.8, 4) is 11.5 Å². The zero-order valence-electron chi connectivity index (χ0n) is 15.4. The van der Waals surface area contributed by atoms with E-state index in [2.05, 4.69) is 27.4 Å². The maximum Gasteiger partial charge on any atom is 0.195 e. The molecule has 6 nitrogen and oxygen atoms in total. The van der Waals surface area contributed by atoms with Gasteiger partial charge in [0.15, 0.2) is 17.5 Å². The largest absolute Gasteiger partial charge is 0.490 e. The van der Waals surface area contributed by atoms with Crippen molar-refractivity contribution in [2.45, 2.75) is 38.6 Å². The first-order valence-electron chi connectivity index (χ1n) is 9.37. The third-order valence-corrected chi connectivity index (χ3v) is 4.87. The molecule has 138 valence electrons. The number of hydrogen-bond acceptors (Lipinski definition) is 4. The monoisotopic (exact) mass is 346 g/mol. The van der Waals surface area contributed by atoms with Gasteiger partial charge in [0, 0.05) is 44.4 Å². The fraction of sp³-hybridized carbons (Fsp3) is 0.632. The van der Waals surface area contributed by atoms with E-state index in [1.54, 1.807) is 7.05 Å². The van der Waals surface area contributed by atoms with E-state index < -0.39 is 0 Å². The number of hydrogen-bond donors (Lipinski definition) is 2. The van der Waals surface area contributed by atoms with Crippen LogP contribution in [0.15, 0.2) is 23.2 Å². The molecule has 1 unspecified atom stereocenters. The molecule has 1 aromatic rings. The van der Waals surface area contributed by atoms with Gasteiger partial charge in [-0.2, -0.15) is 0 Å². The van der Waals surface area contributed by atoms with E-state index in [4.69, 9.17) is 9.47 Å². The topological polar surface area (TPSA) is 58.1 Å². The number of benzene rings is 1. The number of guanidine groups is 1. The van der Waals surface area contributed by atoms with E-state index in [-0.39, 0.29) is 0 Å². The minimum atomic E-state index is 0.687. The number of nitrogens with one attached hydrogen (secondary N) is 2. The van der Waals surface area contributed by atoms with Gasteiger partial charge in [0.25, 0.3) is 0 Å². The molecule has 0 bridgehead atoms. The Morgan fingerprint density at radius 3 is 2.84 bits per heavy atom. The molecular formula is C19H30N4O2. The molecule has 0 aliphatic carbocycles. The third-order valence-electron chi connectivity index (χ3n) is 4.87. The summed E-state index contributed by atoms with van der Waals surface area (Å²) < 4.78 is 11.4. The zero-order valence-corrected chi connectivity index (χ0v) is 15.4. The summed E-state index contributed by atoms with van der Waals surface area (Å²) in [5.41, 5.74) is 0.948. The predicted octanol–water partition coefficient (Wildman–Crippen LogP) is 2.71. The Kier molecular flexibility index (Phi) is 6.39. The first-order valence-corrected chi connectivity index (χ1v) is 9.37. The highest BCUT2D eigenvalue weighted by atomic mass is 16.5. The second-order valence-corrected chi connectivity index (χ2v) is 6.72. The Morgan fingerprint density at radius 1 is 1.20 bits per heavy atom.